The van der Waals surface area contributed by atoms with Gasteiger partial charge in [-0.1, -0.05) is 32.9 Å². The van der Waals surface area contributed by atoms with E-state index in [1.54, 1.807) is 19.2 Å². The molecule has 6 heteroatoms. The average Bonchev–Trinajstić information content (AvgIpc) is 2.60. The molecule has 3 rings (SSSR count). The van der Waals surface area contributed by atoms with Gasteiger partial charge in [-0.15, -0.1) is 0 Å². The summed E-state index contributed by atoms with van der Waals surface area (Å²) in [6.45, 7) is 6.60. The summed E-state index contributed by atoms with van der Waals surface area (Å²) in [5.41, 5.74) is 2.01. The Hall–Kier alpha value is -2.05. The van der Waals surface area contributed by atoms with Gasteiger partial charge in [-0.2, -0.15) is 0 Å². The molecule has 0 fully saturated rings. The molecule has 0 saturated carbocycles. The summed E-state index contributed by atoms with van der Waals surface area (Å²) >= 11 is 0. The second-order valence-electron chi connectivity index (χ2n) is 7.58. The molecule has 2 aromatic carbocycles. The molecule has 5 nitrogen and oxygen atoms in total. The largest absolute Gasteiger partial charge is 0.497 e. The van der Waals surface area contributed by atoms with E-state index < -0.39 is 10.0 Å². The van der Waals surface area contributed by atoms with Gasteiger partial charge in [-0.25, -0.2) is 13.1 Å². The van der Waals surface area contributed by atoms with Crippen molar-refractivity contribution in [1.82, 2.24) is 4.72 Å². The second kappa shape index (κ2) is 6.93. The standard InChI is InChI=1S/C20H25NO4S/c1-20(2,3)15-5-8-18(9-6-15)26(22,23)21-16-11-14-12-17(24-4)7-10-19(14)25-13-16/h5-10,12,16,21H,11,13H2,1-4H3. The SMILES string of the molecule is COc1ccc2c(c1)CC(NS(=O)(=O)c1ccc(C(C)(C)C)cc1)CO2. The number of sulfonamides is 1. The molecule has 0 radical (unpaired) electrons. The van der Waals surface area contributed by atoms with Gasteiger partial charge in [-0.05, 0) is 53.3 Å². The van der Waals surface area contributed by atoms with Gasteiger partial charge < -0.3 is 9.47 Å². The van der Waals surface area contributed by atoms with Gasteiger partial charge in [0.25, 0.3) is 0 Å². The van der Waals surface area contributed by atoms with E-state index in [4.69, 9.17) is 9.47 Å². The van der Waals surface area contributed by atoms with Gasteiger partial charge in [0.15, 0.2) is 0 Å². The molecule has 0 aliphatic carbocycles. The van der Waals surface area contributed by atoms with Crippen LogP contribution in [0.15, 0.2) is 47.4 Å². The summed E-state index contributed by atoms with van der Waals surface area (Å²) in [6, 6.07) is 12.3. The summed E-state index contributed by atoms with van der Waals surface area (Å²) in [4.78, 5) is 0.266. The fourth-order valence-corrected chi connectivity index (χ4v) is 4.22. The average molecular weight is 375 g/mol. The number of rotatable bonds is 4. The number of fused-ring (bicyclic) bond motifs is 1. The number of benzene rings is 2. The van der Waals surface area contributed by atoms with Crippen molar-refractivity contribution < 1.29 is 17.9 Å². The first-order chi connectivity index (χ1) is 12.2. The lowest BCUT2D eigenvalue weighted by atomic mass is 9.87. The summed E-state index contributed by atoms with van der Waals surface area (Å²) in [7, 11) is -2.00. The van der Waals surface area contributed by atoms with Gasteiger partial charge in [0.2, 0.25) is 10.0 Å². The number of hydrogen-bond acceptors (Lipinski definition) is 4. The van der Waals surface area contributed by atoms with Gasteiger partial charge >= 0.3 is 0 Å². The molecule has 1 aliphatic heterocycles. The molecule has 1 atom stereocenters. The lowest BCUT2D eigenvalue weighted by Gasteiger charge is -2.26. The maximum Gasteiger partial charge on any atom is 0.240 e. The topological polar surface area (TPSA) is 64.6 Å². The smallest absolute Gasteiger partial charge is 0.240 e. The van der Waals surface area contributed by atoms with Gasteiger partial charge in [-0.3, -0.25) is 0 Å². The summed E-state index contributed by atoms with van der Waals surface area (Å²) in [5, 5.41) is 0. The monoisotopic (exact) mass is 375 g/mol. The van der Waals surface area contributed by atoms with Crippen molar-refractivity contribution in [3.63, 3.8) is 0 Å². The Morgan fingerprint density at radius 1 is 1.12 bits per heavy atom. The van der Waals surface area contributed by atoms with Crippen LogP contribution < -0.4 is 14.2 Å². The van der Waals surface area contributed by atoms with Crippen LogP contribution >= 0.6 is 0 Å². The quantitative estimate of drug-likeness (QED) is 0.891. The molecule has 1 heterocycles. The van der Waals surface area contributed by atoms with Crippen LogP contribution in [0.1, 0.15) is 31.9 Å². The Kier molecular flexibility index (Phi) is 4.99. The molecule has 1 unspecified atom stereocenters. The highest BCUT2D eigenvalue weighted by molar-refractivity contribution is 7.89. The van der Waals surface area contributed by atoms with E-state index >= 15 is 0 Å². The molecule has 0 amide bonds. The molecule has 1 aliphatic rings. The third-order valence-corrected chi connectivity index (χ3v) is 6.06. The Bertz CT molecular complexity index is 883. The zero-order valence-corrected chi connectivity index (χ0v) is 16.4. The van der Waals surface area contributed by atoms with Crippen LogP contribution in [0, 0.1) is 0 Å². The number of hydrogen-bond donors (Lipinski definition) is 1. The number of ether oxygens (including phenoxy) is 2. The second-order valence-corrected chi connectivity index (χ2v) is 9.30. The fourth-order valence-electron chi connectivity index (χ4n) is 3.00. The Morgan fingerprint density at radius 3 is 2.42 bits per heavy atom. The zero-order valence-electron chi connectivity index (χ0n) is 15.6. The molecule has 0 bridgehead atoms. The first-order valence-corrected chi connectivity index (χ1v) is 10.1. The summed E-state index contributed by atoms with van der Waals surface area (Å²) in [5.74, 6) is 1.50. The molecular weight excluding hydrogens is 350 g/mol. The minimum atomic E-state index is -3.60. The van der Waals surface area contributed by atoms with Gasteiger partial charge in [0, 0.05) is 0 Å². The molecule has 1 N–H and O–H groups in total. The minimum Gasteiger partial charge on any atom is -0.497 e. The molecule has 2 aromatic rings. The maximum absolute atomic E-state index is 12.7. The predicted octanol–water partition coefficient (Wildman–Crippen LogP) is 3.27. The first-order valence-electron chi connectivity index (χ1n) is 8.61. The Balaban J connectivity index is 1.75. The van der Waals surface area contributed by atoms with Gasteiger partial charge in [0.1, 0.15) is 18.1 Å². The first kappa shape index (κ1) is 18.7. The van der Waals surface area contributed by atoms with E-state index in [1.807, 2.05) is 30.3 Å². The Morgan fingerprint density at radius 2 is 1.81 bits per heavy atom. The lowest BCUT2D eigenvalue weighted by molar-refractivity contribution is 0.253. The highest BCUT2D eigenvalue weighted by Gasteiger charge is 2.26. The fraction of sp³-hybridized carbons (Fsp3) is 0.400. The molecule has 0 aromatic heterocycles. The van der Waals surface area contributed by atoms with Crippen molar-refractivity contribution in [3.05, 3.63) is 53.6 Å². The van der Waals surface area contributed by atoms with Crippen molar-refractivity contribution in [3.8, 4) is 11.5 Å². The minimum absolute atomic E-state index is 0.0182. The van der Waals surface area contributed by atoms with E-state index in [0.29, 0.717) is 13.0 Å². The van der Waals surface area contributed by atoms with E-state index in [9.17, 15) is 8.42 Å². The van der Waals surface area contributed by atoms with Crippen LogP contribution in [0.4, 0.5) is 0 Å². The van der Waals surface area contributed by atoms with Crippen molar-refractivity contribution in [1.29, 1.82) is 0 Å². The van der Waals surface area contributed by atoms with Crippen molar-refractivity contribution in [2.75, 3.05) is 13.7 Å². The van der Waals surface area contributed by atoms with Crippen LogP contribution in [0.5, 0.6) is 11.5 Å². The third kappa shape index (κ3) is 4.02. The molecule has 0 saturated heterocycles. The normalized spacial score (nSPS) is 17.3. The van der Waals surface area contributed by atoms with Crippen LogP contribution in [0.3, 0.4) is 0 Å². The van der Waals surface area contributed by atoms with Crippen molar-refractivity contribution in [2.45, 2.75) is 43.5 Å². The van der Waals surface area contributed by atoms with E-state index in [-0.39, 0.29) is 16.4 Å². The van der Waals surface area contributed by atoms with E-state index in [0.717, 1.165) is 22.6 Å². The molecule has 140 valence electrons. The molecule has 26 heavy (non-hydrogen) atoms. The van der Waals surface area contributed by atoms with Crippen LogP contribution in [-0.2, 0) is 21.9 Å². The van der Waals surface area contributed by atoms with Crippen molar-refractivity contribution >= 4 is 10.0 Å². The van der Waals surface area contributed by atoms with E-state index in [2.05, 4.69) is 25.5 Å². The van der Waals surface area contributed by atoms with Crippen LogP contribution in [-0.4, -0.2) is 28.2 Å². The predicted molar refractivity (Wildman–Crippen MR) is 101 cm³/mol. The van der Waals surface area contributed by atoms with Crippen LogP contribution in [0.25, 0.3) is 0 Å². The van der Waals surface area contributed by atoms with Gasteiger partial charge in [0.05, 0.1) is 18.0 Å². The maximum atomic E-state index is 12.7. The summed E-state index contributed by atoms with van der Waals surface area (Å²) < 4.78 is 39.1. The lowest BCUT2D eigenvalue weighted by Crippen LogP contribution is -2.42. The summed E-state index contributed by atoms with van der Waals surface area (Å²) in [6.07, 6.45) is 0.561. The highest BCUT2D eigenvalue weighted by atomic mass is 32.2. The Labute approximate surface area is 155 Å². The number of methoxy groups -OCH3 is 1. The van der Waals surface area contributed by atoms with E-state index in [1.165, 1.54) is 0 Å². The molecular formula is C20H25NO4S. The third-order valence-electron chi connectivity index (χ3n) is 4.53. The van der Waals surface area contributed by atoms with Crippen LogP contribution in [0.2, 0.25) is 0 Å². The molecule has 0 spiro atoms. The highest BCUT2D eigenvalue weighted by Crippen LogP contribution is 2.29. The van der Waals surface area contributed by atoms with Crippen molar-refractivity contribution in [2.24, 2.45) is 0 Å². The zero-order chi connectivity index (χ0) is 18.9. The number of nitrogens with one attached hydrogen (secondary N) is 1.